The maximum atomic E-state index is 15.4. The van der Waals surface area contributed by atoms with Crippen molar-refractivity contribution < 1.29 is 46.6 Å². The number of aromatic nitrogens is 2. The molecule has 2 N–H and O–H groups in total. The highest BCUT2D eigenvalue weighted by Crippen LogP contribution is 2.49. The number of pyridine rings is 1. The van der Waals surface area contributed by atoms with Crippen molar-refractivity contribution in [3.8, 4) is 22.4 Å². The van der Waals surface area contributed by atoms with Gasteiger partial charge in [0.1, 0.15) is 24.7 Å². The minimum absolute atomic E-state index is 0.0130. The fraction of sp³-hybridized carbons (Fsp3) is 0.646. The molecule has 1 spiro atoms. The number of benzene rings is 2. The number of morpholine rings is 1. The molecular weight excluding hydrogens is 1090 g/mol. The summed E-state index contributed by atoms with van der Waals surface area (Å²) in [7, 11) is 3.65. The van der Waals surface area contributed by atoms with E-state index >= 15 is 22.8 Å². The highest BCUT2D eigenvalue weighted by Gasteiger charge is 2.59. The zero-order chi connectivity index (χ0) is 59.1. The fourth-order valence-corrected chi connectivity index (χ4v) is 16.0. The normalized spacial score (nSPS) is 29.5. The molecule has 9 aliphatic rings. The number of nitrogens with one attached hydrogen (secondary N) is 2. The summed E-state index contributed by atoms with van der Waals surface area (Å²) in [5.74, 6) is -0.0729. The number of nitrogens with zero attached hydrogens (tertiary/aromatic N) is 8. The van der Waals surface area contributed by atoms with Crippen molar-refractivity contribution in [1.82, 2.24) is 44.9 Å². The Bertz CT molecular complexity index is 3200. The number of hydrazine groups is 1. The molecule has 17 nitrogen and oxygen atoms in total. The average molecular weight is 1180 g/mol. The predicted octanol–water partition coefficient (Wildman–Crippen LogP) is 7.39. The van der Waals surface area contributed by atoms with Crippen molar-refractivity contribution >= 4 is 40.3 Å². The molecule has 0 radical (unpaired) electrons. The molecule has 1 unspecified atom stereocenters. The number of alkyl halides is 3. The Morgan fingerprint density at radius 3 is 2.52 bits per heavy atom. The molecule has 20 heteroatoms. The van der Waals surface area contributed by atoms with E-state index in [0.29, 0.717) is 104 Å². The van der Waals surface area contributed by atoms with Gasteiger partial charge in [-0.1, -0.05) is 57.0 Å². The lowest BCUT2D eigenvalue weighted by Gasteiger charge is -2.44. The Balaban J connectivity index is 0.853. The number of anilines is 1. The maximum absolute atomic E-state index is 15.4. The third kappa shape index (κ3) is 11.9. The molecule has 6 saturated heterocycles. The number of likely N-dealkylation sites (tertiary alicyclic amines) is 2. The smallest absolute Gasteiger partial charge is 0.406 e. The van der Waals surface area contributed by atoms with Gasteiger partial charge in [-0.05, 0) is 131 Å². The SMILES string of the molecule is CO[C@@H](C)c1ncc(N2CCN3CCOC[C@@H]3C2)cc1-c1c2c3cc(ccc3n1CC(F)(F)F)-c1cccc(c1)C[C@H](NC(=O)[C@H](C1CCCC1)N1CC[C@]3(CCN(C(=O)[C@H]4[C@@H](C5CC5)N4C)C3)C1)C(=O)N1CCC[C@H](N1)C(=O)OCC(C)(C)C2. The third-order valence-corrected chi connectivity index (χ3v) is 20.7. The number of cyclic esters (lactones) is 1. The van der Waals surface area contributed by atoms with Crippen LogP contribution in [0.5, 0.6) is 0 Å². The molecular formula is C65H85F3N10O7. The fourth-order valence-electron chi connectivity index (χ4n) is 16.0. The number of halogens is 3. The van der Waals surface area contributed by atoms with E-state index in [4.69, 9.17) is 19.2 Å². The number of likely N-dealkylation sites (N-methyl/N-ethyl adjacent to an activating group) is 1. The summed E-state index contributed by atoms with van der Waals surface area (Å²) in [5.41, 5.74) is 7.93. The summed E-state index contributed by atoms with van der Waals surface area (Å²) >= 11 is 0. The Kier molecular flexibility index (Phi) is 15.9. The number of rotatable bonds is 11. The first-order valence-corrected chi connectivity index (χ1v) is 31.5. The molecule has 13 rings (SSSR count). The van der Waals surface area contributed by atoms with Gasteiger partial charge in [-0.25, -0.2) is 5.43 Å². The summed E-state index contributed by atoms with van der Waals surface area (Å²) in [4.78, 5) is 75.2. The molecule has 9 heterocycles. The minimum atomic E-state index is -4.61. The molecule has 6 bridgehead atoms. The quantitative estimate of drug-likeness (QED) is 0.113. The number of esters is 1. The van der Waals surface area contributed by atoms with Crippen LogP contribution in [-0.4, -0.2) is 193 Å². The maximum Gasteiger partial charge on any atom is 0.406 e. The van der Waals surface area contributed by atoms with Crippen molar-refractivity contribution in [3.63, 3.8) is 0 Å². The minimum Gasteiger partial charge on any atom is -0.464 e. The van der Waals surface area contributed by atoms with Crippen LogP contribution < -0.4 is 15.6 Å². The number of fused-ring (bicyclic) bond motifs is 7. The van der Waals surface area contributed by atoms with Crippen LogP contribution in [0.1, 0.15) is 108 Å². The van der Waals surface area contributed by atoms with Crippen LogP contribution in [0, 0.1) is 22.7 Å². The predicted molar refractivity (Wildman–Crippen MR) is 316 cm³/mol. The lowest BCUT2D eigenvalue weighted by Crippen LogP contribution is -2.62. The van der Waals surface area contributed by atoms with Gasteiger partial charge >= 0.3 is 12.1 Å². The van der Waals surface area contributed by atoms with Gasteiger partial charge in [0.25, 0.3) is 5.91 Å². The van der Waals surface area contributed by atoms with Crippen molar-refractivity contribution in [1.29, 1.82) is 0 Å². The standard InChI is InChI=1S/C65H85F3N10O7/c1-40(83-5)54-49(31-46(33-69-54)74-25-24-73-26-27-84-35-47(73)34-74)57-50-32-63(2,3)39-85-62(82)51-14-9-21-78(71-51)60(80)52(29-41-10-8-13-44(28-41)45-17-18-53(48(50)30-45)77(57)38-65(66,67)68)70-59(79)56(42-11-6-7-12-42)75-22-19-64(36-75)20-23-76(37-64)61(81)58-55(72(58)4)43-15-16-43/h8,10,13,17-18,28,30-31,33,40,42-43,47,51-52,55-56,58,71H,6-7,9,11-12,14-16,19-27,29,32,34-39H2,1-5H3,(H,70,79)/t40-,47-,51-,52-,55+,56-,58+,64-,72?/m0/s1. The molecule has 8 fully saturated rings. The number of hydrogen-bond acceptors (Lipinski definition) is 13. The van der Waals surface area contributed by atoms with Crippen LogP contribution in [0.25, 0.3) is 33.3 Å². The summed E-state index contributed by atoms with van der Waals surface area (Å²) in [6.45, 7) is 12.0. The van der Waals surface area contributed by atoms with Crippen molar-refractivity contribution in [2.24, 2.45) is 22.7 Å². The average Bonchev–Trinajstić information content (AvgIpc) is 1.95. The number of ether oxygens (including phenoxy) is 3. The molecule has 458 valence electrons. The number of carbonyl (C=O) groups excluding carboxylic acids is 4. The van der Waals surface area contributed by atoms with Crippen LogP contribution in [-0.2, 0) is 52.8 Å². The second-order valence-corrected chi connectivity index (χ2v) is 27.4. The van der Waals surface area contributed by atoms with E-state index in [1.54, 1.807) is 19.4 Å². The monoisotopic (exact) mass is 1170 g/mol. The van der Waals surface area contributed by atoms with Crippen molar-refractivity contribution in [2.75, 3.05) is 97.8 Å². The first-order chi connectivity index (χ1) is 40.8. The van der Waals surface area contributed by atoms with Crippen molar-refractivity contribution in [2.45, 2.75) is 153 Å². The van der Waals surface area contributed by atoms with Crippen LogP contribution >= 0.6 is 0 Å². The number of piperazine rings is 1. The molecule has 9 atom stereocenters. The van der Waals surface area contributed by atoms with Gasteiger partial charge < -0.3 is 33.9 Å². The highest BCUT2D eigenvalue weighted by atomic mass is 19.4. The molecule has 2 aromatic heterocycles. The van der Waals surface area contributed by atoms with E-state index in [0.717, 1.165) is 87.1 Å². The molecule has 2 saturated carbocycles. The van der Waals surface area contributed by atoms with Crippen molar-refractivity contribution in [3.05, 3.63) is 71.5 Å². The van der Waals surface area contributed by atoms with Crippen LogP contribution in [0.4, 0.5) is 18.9 Å². The largest absolute Gasteiger partial charge is 0.464 e. The zero-order valence-electron chi connectivity index (χ0n) is 50.1. The first kappa shape index (κ1) is 58.4. The van der Waals surface area contributed by atoms with Gasteiger partial charge in [-0.15, -0.1) is 0 Å². The summed E-state index contributed by atoms with van der Waals surface area (Å²) in [5, 5.41) is 5.44. The van der Waals surface area contributed by atoms with Gasteiger partial charge in [0, 0.05) is 99.2 Å². The van der Waals surface area contributed by atoms with E-state index in [2.05, 4.69) is 42.3 Å². The molecule has 2 aromatic carbocycles. The van der Waals surface area contributed by atoms with Crippen LogP contribution in [0.2, 0.25) is 0 Å². The Labute approximate surface area is 497 Å². The number of hydrogen-bond donors (Lipinski definition) is 2. The molecule has 85 heavy (non-hydrogen) atoms. The van der Waals surface area contributed by atoms with Gasteiger partial charge in [-0.3, -0.25) is 43.9 Å². The molecule has 3 amide bonds. The Hall–Kier alpha value is -5.64. The highest BCUT2D eigenvalue weighted by molar-refractivity contribution is 5.96. The second-order valence-electron chi connectivity index (χ2n) is 27.4. The molecule has 2 aliphatic carbocycles. The van der Waals surface area contributed by atoms with E-state index in [1.807, 2.05) is 63.2 Å². The summed E-state index contributed by atoms with van der Waals surface area (Å²) in [6, 6.07) is 13.6. The Morgan fingerprint density at radius 2 is 1.73 bits per heavy atom. The number of methoxy groups -OCH3 is 1. The summed E-state index contributed by atoms with van der Waals surface area (Å²) in [6.07, 6.45) is 6.01. The molecule has 4 aromatic rings. The second kappa shape index (κ2) is 23.1. The van der Waals surface area contributed by atoms with Gasteiger partial charge in [0.2, 0.25) is 11.8 Å². The van der Waals surface area contributed by atoms with E-state index in [9.17, 15) is 9.59 Å². The van der Waals surface area contributed by atoms with Crippen LogP contribution in [0.15, 0.2) is 54.7 Å². The number of amides is 3. The van der Waals surface area contributed by atoms with Crippen LogP contribution in [0.3, 0.4) is 0 Å². The third-order valence-electron chi connectivity index (χ3n) is 20.7. The summed E-state index contributed by atoms with van der Waals surface area (Å²) < 4.78 is 65.3. The molecule has 7 aliphatic heterocycles. The van der Waals surface area contributed by atoms with E-state index in [1.165, 1.54) is 22.4 Å². The van der Waals surface area contributed by atoms with Gasteiger partial charge in [0.05, 0.1) is 61.3 Å². The number of carbonyl (C=O) groups is 4. The van der Waals surface area contributed by atoms with Gasteiger partial charge in [-0.2, -0.15) is 13.2 Å². The topological polar surface area (TPSA) is 157 Å². The Morgan fingerprint density at radius 1 is 0.929 bits per heavy atom. The lowest BCUT2D eigenvalue weighted by atomic mass is 9.84. The lowest BCUT2D eigenvalue weighted by molar-refractivity contribution is -0.155. The zero-order valence-corrected chi connectivity index (χ0v) is 50.1. The van der Waals surface area contributed by atoms with E-state index in [-0.39, 0.29) is 60.6 Å². The van der Waals surface area contributed by atoms with Gasteiger partial charge in [0.15, 0.2) is 0 Å². The van der Waals surface area contributed by atoms with E-state index < -0.39 is 48.3 Å². The first-order valence-electron chi connectivity index (χ1n) is 31.5.